The molecule has 9 heteroatoms. The zero-order chi connectivity index (χ0) is 21.0. The molecule has 1 N–H and O–H groups in total. The Kier molecular flexibility index (Phi) is 5.67. The van der Waals surface area contributed by atoms with Crippen LogP contribution in [-0.2, 0) is 15.7 Å². The van der Waals surface area contributed by atoms with E-state index in [1.165, 1.54) is 37.6 Å². The molecule has 3 rings (SSSR count). The van der Waals surface area contributed by atoms with Crippen molar-refractivity contribution in [3.8, 4) is 5.69 Å². The largest absolute Gasteiger partial charge is 0.467 e. The molecule has 1 amide bonds. The number of nitrogens with zero attached hydrogens (tertiary/aromatic N) is 2. The Hall–Kier alpha value is -3.62. The van der Waals surface area contributed by atoms with E-state index < -0.39 is 29.8 Å². The summed E-state index contributed by atoms with van der Waals surface area (Å²) in [6.45, 7) is 0. The molecule has 0 fully saturated rings. The molecular formula is C20H16F3N3O3. The number of hydrogen-bond donors (Lipinski definition) is 1. The predicted molar refractivity (Wildman–Crippen MR) is 97.2 cm³/mol. The zero-order valence-corrected chi connectivity index (χ0v) is 15.2. The number of ether oxygens (including phenoxy) is 1. The maximum atomic E-state index is 12.7. The third-order valence-corrected chi connectivity index (χ3v) is 4.12. The molecule has 0 saturated heterocycles. The van der Waals surface area contributed by atoms with Crippen LogP contribution in [-0.4, -0.2) is 28.8 Å². The Labute approximate surface area is 163 Å². The molecule has 6 nitrogen and oxygen atoms in total. The molecule has 2 aromatic carbocycles. The van der Waals surface area contributed by atoms with Crippen LogP contribution in [0.3, 0.4) is 0 Å². The van der Waals surface area contributed by atoms with E-state index in [4.69, 9.17) is 4.74 Å². The highest BCUT2D eigenvalue weighted by Crippen LogP contribution is 2.28. The van der Waals surface area contributed by atoms with Crippen LogP contribution in [0.2, 0.25) is 0 Å². The lowest BCUT2D eigenvalue weighted by molar-refractivity contribution is -0.143. The molecule has 1 aromatic heterocycles. The molecule has 150 valence electrons. The van der Waals surface area contributed by atoms with E-state index in [1.54, 1.807) is 30.3 Å². The lowest BCUT2D eigenvalue weighted by Gasteiger charge is -2.17. The van der Waals surface area contributed by atoms with Gasteiger partial charge in [-0.1, -0.05) is 30.3 Å². The van der Waals surface area contributed by atoms with Gasteiger partial charge < -0.3 is 10.1 Å². The fourth-order valence-corrected chi connectivity index (χ4v) is 2.64. The summed E-state index contributed by atoms with van der Waals surface area (Å²) in [5.74, 6) is -1.16. The Morgan fingerprint density at radius 1 is 1.03 bits per heavy atom. The third-order valence-electron chi connectivity index (χ3n) is 4.12. The number of aromatic nitrogens is 2. The lowest BCUT2D eigenvalue weighted by atomic mass is 10.1. The van der Waals surface area contributed by atoms with Gasteiger partial charge in [-0.25, -0.2) is 9.48 Å². The van der Waals surface area contributed by atoms with Gasteiger partial charge in [0.25, 0.3) is 5.91 Å². The van der Waals surface area contributed by atoms with Crippen LogP contribution in [0.1, 0.15) is 27.7 Å². The van der Waals surface area contributed by atoms with Gasteiger partial charge in [0.05, 0.1) is 12.8 Å². The molecule has 0 radical (unpaired) electrons. The van der Waals surface area contributed by atoms with E-state index in [-0.39, 0.29) is 5.56 Å². The molecule has 3 aromatic rings. The summed E-state index contributed by atoms with van der Waals surface area (Å²) in [4.78, 5) is 24.6. The topological polar surface area (TPSA) is 73.2 Å². The van der Waals surface area contributed by atoms with Crippen molar-refractivity contribution in [1.29, 1.82) is 0 Å². The number of carbonyl (C=O) groups is 2. The van der Waals surface area contributed by atoms with E-state index in [2.05, 4.69) is 10.4 Å². The second-order valence-corrected chi connectivity index (χ2v) is 6.03. The number of methoxy groups -OCH3 is 1. The minimum atomic E-state index is -4.54. The second-order valence-electron chi connectivity index (χ2n) is 6.03. The predicted octanol–water partition coefficient (Wildman–Crippen LogP) is 3.54. The van der Waals surface area contributed by atoms with E-state index in [1.807, 2.05) is 0 Å². The van der Waals surface area contributed by atoms with Crippen LogP contribution in [0.15, 0.2) is 66.9 Å². The van der Waals surface area contributed by atoms with Crippen molar-refractivity contribution in [1.82, 2.24) is 15.1 Å². The normalized spacial score (nSPS) is 12.3. The quantitative estimate of drug-likeness (QED) is 0.662. The number of hydrogen-bond acceptors (Lipinski definition) is 4. The van der Waals surface area contributed by atoms with Gasteiger partial charge in [-0.3, -0.25) is 4.79 Å². The number of amides is 1. The standard InChI is InChI=1S/C20H16F3N3O3/c1-29-19(28)17(13-5-3-2-4-6-13)24-18(27)14-7-9-15(10-8-14)26-12-11-16(25-26)20(21,22)23/h2-12,17H,1H3,(H,24,27). The minimum absolute atomic E-state index is 0.224. The summed E-state index contributed by atoms with van der Waals surface area (Å²) in [5, 5.41) is 6.08. The van der Waals surface area contributed by atoms with Crippen molar-refractivity contribution in [3.63, 3.8) is 0 Å². The first-order valence-electron chi connectivity index (χ1n) is 8.46. The van der Waals surface area contributed by atoms with Crippen molar-refractivity contribution in [2.45, 2.75) is 12.2 Å². The molecule has 0 bridgehead atoms. The molecule has 0 aliphatic carbocycles. The monoisotopic (exact) mass is 403 g/mol. The summed E-state index contributed by atoms with van der Waals surface area (Å²) in [7, 11) is 1.22. The fourth-order valence-electron chi connectivity index (χ4n) is 2.64. The van der Waals surface area contributed by atoms with E-state index in [0.29, 0.717) is 11.3 Å². The Balaban J connectivity index is 1.77. The molecule has 29 heavy (non-hydrogen) atoms. The third kappa shape index (κ3) is 4.63. The van der Waals surface area contributed by atoms with Crippen LogP contribution in [0, 0.1) is 0 Å². The number of alkyl halides is 3. The first-order valence-corrected chi connectivity index (χ1v) is 8.46. The van der Waals surface area contributed by atoms with Crippen molar-refractivity contribution in [3.05, 3.63) is 83.7 Å². The van der Waals surface area contributed by atoms with Gasteiger partial charge in [0.2, 0.25) is 0 Å². The van der Waals surface area contributed by atoms with Gasteiger partial charge in [-0.15, -0.1) is 0 Å². The molecule has 0 saturated carbocycles. The Bertz CT molecular complexity index is 999. The highest BCUT2D eigenvalue weighted by molar-refractivity contribution is 5.97. The zero-order valence-electron chi connectivity index (χ0n) is 15.2. The average molecular weight is 403 g/mol. The maximum Gasteiger partial charge on any atom is 0.435 e. The van der Waals surface area contributed by atoms with Crippen LogP contribution < -0.4 is 5.32 Å². The number of benzene rings is 2. The van der Waals surface area contributed by atoms with Gasteiger partial charge in [-0.05, 0) is 35.9 Å². The summed E-state index contributed by atoms with van der Waals surface area (Å²) < 4.78 is 43.8. The molecule has 0 aliphatic rings. The molecule has 0 aliphatic heterocycles. The molecule has 0 spiro atoms. The van der Waals surface area contributed by atoms with Crippen molar-refractivity contribution < 1.29 is 27.5 Å². The van der Waals surface area contributed by atoms with Crippen LogP contribution >= 0.6 is 0 Å². The fraction of sp³-hybridized carbons (Fsp3) is 0.150. The first-order chi connectivity index (χ1) is 13.8. The smallest absolute Gasteiger partial charge is 0.435 e. The van der Waals surface area contributed by atoms with Crippen molar-refractivity contribution in [2.75, 3.05) is 7.11 Å². The highest BCUT2D eigenvalue weighted by Gasteiger charge is 2.33. The summed E-state index contributed by atoms with van der Waals surface area (Å²) in [6, 6.07) is 14.2. The Morgan fingerprint density at radius 2 is 1.69 bits per heavy atom. The number of nitrogens with one attached hydrogen (secondary N) is 1. The summed E-state index contributed by atoms with van der Waals surface area (Å²) in [5.41, 5.74) is 0.120. The molecule has 1 atom stereocenters. The second kappa shape index (κ2) is 8.17. The van der Waals surface area contributed by atoms with Crippen LogP contribution in [0.5, 0.6) is 0 Å². The van der Waals surface area contributed by atoms with Crippen LogP contribution in [0.25, 0.3) is 5.69 Å². The summed E-state index contributed by atoms with van der Waals surface area (Å²) >= 11 is 0. The van der Waals surface area contributed by atoms with E-state index in [9.17, 15) is 22.8 Å². The molecule has 1 heterocycles. The number of halogens is 3. The first kappa shape index (κ1) is 20.1. The maximum absolute atomic E-state index is 12.7. The lowest BCUT2D eigenvalue weighted by Crippen LogP contribution is -2.34. The number of rotatable bonds is 5. The van der Waals surface area contributed by atoms with Crippen LogP contribution in [0.4, 0.5) is 13.2 Å². The van der Waals surface area contributed by atoms with Gasteiger partial charge in [-0.2, -0.15) is 18.3 Å². The van der Waals surface area contributed by atoms with Gasteiger partial charge in [0.15, 0.2) is 11.7 Å². The Morgan fingerprint density at radius 3 is 2.24 bits per heavy atom. The summed E-state index contributed by atoms with van der Waals surface area (Å²) in [6.07, 6.45) is -3.36. The van der Waals surface area contributed by atoms with Crippen molar-refractivity contribution >= 4 is 11.9 Å². The molecular weight excluding hydrogens is 387 g/mol. The van der Waals surface area contributed by atoms with E-state index in [0.717, 1.165) is 10.7 Å². The SMILES string of the molecule is COC(=O)C(NC(=O)c1ccc(-n2ccc(C(F)(F)F)n2)cc1)c1ccccc1. The minimum Gasteiger partial charge on any atom is -0.467 e. The van der Waals surface area contributed by atoms with Crippen molar-refractivity contribution in [2.24, 2.45) is 0 Å². The number of carbonyl (C=O) groups excluding carboxylic acids is 2. The highest BCUT2D eigenvalue weighted by atomic mass is 19.4. The van der Waals surface area contributed by atoms with Gasteiger partial charge in [0, 0.05) is 11.8 Å². The van der Waals surface area contributed by atoms with Gasteiger partial charge in [0.1, 0.15) is 0 Å². The number of esters is 1. The van der Waals surface area contributed by atoms with E-state index >= 15 is 0 Å². The van der Waals surface area contributed by atoms with Gasteiger partial charge >= 0.3 is 12.1 Å². The molecule has 1 unspecified atom stereocenters. The average Bonchev–Trinajstić information content (AvgIpc) is 3.23.